The number of halogens is 1. The average molecular weight is 314 g/mol. The van der Waals surface area contributed by atoms with Crippen molar-refractivity contribution in [2.45, 2.75) is 32.9 Å². The third kappa shape index (κ3) is 4.25. The van der Waals surface area contributed by atoms with Crippen molar-refractivity contribution in [3.63, 3.8) is 0 Å². The van der Waals surface area contributed by atoms with Crippen LogP contribution in [0.25, 0.3) is 0 Å². The van der Waals surface area contributed by atoms with E-state index in [0.717, 1.165) is 5.56 Å². The molecule has 0 radical (unpaired) electrons. The van der Waals surface area contributed by atoms with Crippen molar-refractivity contribution in [2.24, 2.45) is 5.92 Å². The topological polar surface area (TPSA) is 67.8 Å². The molecule has 1 aliphatic heterocycles. The Kier molecular flexibility index (Phi) is 5.31. The molecular formula is C15H20ClNO4. The van der Waals surface area contributed by atoms with Gasteiger partial charge in [-0.25, -0.2) is 0 Å². The smallest absolute Gasteiger partial charge is 0.320 e. The van der Waals surface area contributed by atoms with E-state index in [0.29, 0.717) is 48.6 Å². The van der Waals surface area contributed by atoms with Crippen LogP contribution in [0.1, 0.15) is 25.8 Å². The van der Waals surface area contributed by atoms with Gasteiger partial charge in [0.2, 0.25) is 0 Å². The van der Waals surface area contributed by atoms with Crippen LogP contribution in [-0.4, -0.2) is 30.3 Å². The molecule has 5 nitrogen and oxygen atoms in total. The van der Waals surface area contributed by atoms with E-state index in [1.807, 2.05) is 19.9 Å². The van der Waals surface area contributed by atoms with Gasteiger partial charge < -0.3 is 19.9 Å². The second kappa shape index (κ2) is 7.00. The fourth-order valence-corrected chi connectivity index (χ4v) is 2.54. The third-order valence-electron chi connectivity index (χ3n) is 3.21. The second-order valence-corrected chi connectivity index (χ2v) is 5.91. The molecule has 0 aromatic heterocycles. The molecule has 0 aliphatic carbocycles. The summed E-state index contributed by atoms with van der Waals surface area (Å²) in [4.78, 5) is 11.2. The highest BCUT2D eigenvalue weighted by molar-refractivity contribution is 6.32. The van der Waals surface area contributed by atoms with Crippen LogP contribution in [-0.2, 0) is 11.3 Å². The van der Waals surface area contributed by atoms with Crippen molar-refractivity contribution in [1.29, 1.82) is 0 Å². The number of hydrogen-bond donors (Lipinski definition) is 2. The Hall–Kier alpha value is -1.46. The van der Waals surface area contributed by atoms with Crippen LogP contribution in [0.2, 0.25) is 5.02 Å². The molecule has 1 aromatic rings. The van der Waals surface area contributed by atoms with E-state index >= 15 is 0 Å². The molecule has 1 heterocycles. The molecule has 0 saturated carbocycles. The van der Waals surface area contributed by atoms with Gasteiger partial charge in [-0.05, 0) is 30.0 Å². The number of ether oxygens (including phenoxy) is 2. The zero-order valence-corrected chi connectivity index (χ0v) is 12.9. The molecule has 0 amide bonds. The van der Waals surface area contributed by atoms with E-state index in [-0.39, 0.29) is 0 Å². The summed E-state index contributed by atoms with van der Waals surface area (Å²) in [5.74, 6) is 0.639. The van der Waals surface area contributed by atoms with E-state index < -0.39 is 12.0 Å². The predicted molar refractivity (Wildman–Crippen MR) is 80.2 cm³/mol. The van der Waals surface area contributed by atoms with Crippen LogP contribution in [0.3, 0.4) is 0 Å². The summed E-state index contributed by atoms with van der Waals surface area (Å²) in [6.45, 7) is 5.39. The summed E-state index contributed by atoms with van der Waals surface area (Å²) >= 11 is 6.16. The van der Waals surface area contributed by atoms with Crippen molar-refractivity contribution in [3.05, 3.63) is 22.7 Å². The van der Waals surface area contributed by atoms with Crippen LogP contribution in [0.4, 0.5) is 0 Å². The predicted octanol–water partition coefficient (Wildman–Crippen LogP) is 2.70. The third-order valence-corrected chi connectivity index (χ3v) is 3.50. The largest absolute Gasteiger partial charge is 0.486 e. The zero-order chi connectivity index (χ0) is 15.4. The lowest BCUT2D eigenvalue weighted by atomic mass is 10.0. The van der Waals surface area contributed by atoms with Crippen molar-refractivity contribution in [2.75, 3.05) is 13.2 Å². The van der Waals surface area contributed by atoms with Crippen LogP contribution < -0.4 is 14.8 Å². The van der Waals surface area contributed by atoms with E-state index in [1.54, 1.807) is 6.07 Å². The van der Waals surface area contributed by atoms with Crippen molar-refractivity contribution in [3.8, 4) is 11.5 Å². The quantitative estimate of drug-likeness (QED) is 0.845. The second-order valence-electron chi connectivity index (χ2n) is 5.50. The zero-order valence-electron chi connectivity index (χ0n) is 12.2. The fourth-order valence-electron chi connectivity index (χ4n) is 2.25. The molecule has 1 unspecified atom stereocenters. The van der Waals surface area contributed by atoms with E-state index in [1.165, 1.54) is 0 Å². The number of hydrogen-bond acceptors (Lipinski definition) is 4. The number of nitrogens with one attached hydrogen (secondary N) is 1. The number of rotatable bonds is 6. The van der Waals surface area contributed by atoms with Gasteiger partial charge in [-0.1, -0.05) is 25.4 Å². The normalized spacial score (nSPS) is 15.0. The molecule has 0 bridgehead atoms. The van der Waals surface area contributed by atoms with Crippen molar-refractivity contribution >= 4 is 17.6 Å². The minimum atomic E-state index is -0.840. The van der Waals surface area contributed by atoms with Crippen LogP contribution in [0.5, 0.6) is 11.5 Å². The SMILES string of the molecule is CC(C)CC(NCc1cc(Cl)c2c(c1)OCCO2)C(=O)O. The standard InChI is InChI=1S/C15H20ClNO4/c1-9(2)5-12(15(18)19)17-8-10-6-11(16)14-13(7-10)20-3-4-21-14/h6-7,9,12,17H,3-5,8H2,1-2H3,(H,18,19). The number of fused-ring (bicyclic) bond motifs is 1. The molecule has 2 rings (SSSR count). The lowest BCUT2D eigenvalue weighted by Crippen LogP contribution is -2.37. The van der Waals surface area contributed by atoms with Gasteiger partial charge in [0.05, 0.1) is 5.02 Å². The Morgan fingerprint density at radius 1 is 1.38 bits per heavy atom. The minimum Gasteiger partial charge on any atom is -0.486 e. The minimum absolute atomic E-state index is 0.308. The molecule has 0 spiro atoms. The molecule has 116 valence electrons. The maximum absolute atomic E-state index is 11.2. The van der Waals surface area contributed by atoms with Crippen LogP contribution >= 0.6 is 11.6 Å². The Labute approximate surface area is 129 Å². The van der Waals surface area contributed by atoms with Crippen molar-refractivity contribution < 1.29 is 19.4 Å². The maximum atomic E-state index is 11.2. The van der Waals surface area contributed by atoms with Gasteiger partial charge in [0, 0.05) is 6.54 Å². The number of carboxylic acids is 1. The monoisotopic (exact) mass is 313 g/mol. The Morgan fingerprint density at radius 2 is 2.10 bits per heavy atom. The van der Waals surface area contributed by atoms with Gasteiger partial charge in [0.1, 0.15) is 19.3 Å². The highest BCUT2D eigenvalue weighted by Gasteiger charge is 2.20. The average Bonchev–Trinajstić information content (AvgIpc) is 2.43. The molecule has 6 heteroatoms. The van der Waals surface area contributed by atoms with E-state index in [4.69, 9.17) is 21.1 Å². The molecule has 0 saturated heterocycles. The summed E-state index contributed by atoms with van der Waals surface area (Å²) < 4.78 is 11.0. The highest BCUT2D eigenvalue weighted by atomic mass is 35.5. The van der Waals surface area contributed by atoms with Gasteiger partial charge in [0.25, 0.3) is 0 Å². The first-order chi connectivity index (χ1) is 9.97. The molecule has 1 atom stereocenters. The van der Waals surface area contributed by atoms with Crippen LogP contribution in [0.15, 0.2) is 12.1 Å². The van der Waals surface area contributed by atoms with Gasteiger partial charge >= 0.3 is 5.97 Å². The van der Waals surface area contributed by atoms with Gasteiger partial charge in [0.15, 0.2) is 11.5 Å². The summed E-state index contributed by atoms with van der Waals surface area (Å²) in [5, 5.41) is 12.7. The molecular weight excluding hydrogens is 294 g/mol. The molecule has 1 aromatic carbocycles. The number of aliphatic carboxylic acids is 1. The van der Waals surface area contributed by atoms with Gasteiger partial charge in [-0.15, -0.1) is 0 Å². The fraction of sp³-hybridized carbons (Fsp3) is 0.533. The summed E-state index contributed by atoms with van der Waals surface area (Å²) in [5.41, 5.74) is 0.874. The Balaban J connectivity index is 2.05. The number of benzene rings is 1. The summed E-state index contributed by atoms with van der Waals surface area (Å²) in [6, 6.07) is 3.04. The van der Waals surface area contributed by atoms with E-state index in [9.17, 15) is 9.90 Å². The lowest BCUT2D eigenvalue weighted by molar-refractivity contribution is -0.140. The van der Waals surface area contributed by atoms with Crippen LogP contribution in [0, 0.1) is 5.92 Å². The Bertz CT molecular complexity index is 519. The first-order valence-corrected chi connectivity index (χ1v) is 7.39. The Morgan fingerprint density at radius 3 is 2.76 bits per heavy atom. The molecule has 1 aliphatic rings. The van der Waals surface area contributed by atoms with E-state index in [2.05, 4.69) is 5.32 Å². The lowest BCUT2D eigenvalue weighted by Gasteiger charge is -2.21. The molecule has 21 heavy (non-hydrogen) atoms. The highest BCUT2D eigenvalue weighted by Crippen LogP contribution is 2.38. The number of carbonyl (C=O) groups is 1. The summed E-state index contributed by atoms with van der Waals surface area (Å²) in [7, 11) is 0. The molecule has 2 N–H and O–H groups in total. The van der Waals surface area contributed by atoms with Crippen molar-refractivity contribution in [1.82, 2.24) is 5.32 Å². The van der Waals surface area contributed by atoms with Gasteiger partial charge in [-0.3, -0.25) is 4.79 Å². The maximum Gasteiger partial charge on any atom is 0.320 e. The first kappa shape index (κ1) is 15.9. The first-order valence-electron chi connectivity index (χ1n) is 7.01. The summed E-state index contributed by atoms with van der Waals surface area (Å²) in [6.07, 6.45) is 0.577. The number of carboxylic acid groups (broad SMARTS) is 1. The van der Waals surface area contributed by atoms with Gasteiger partial charge in [-0.2, -0.15) is 0 Å². The molecule has 0 fully saturated rings.